The van der Waals surface area contributed by atoms with Crippen LogP contribution in [0.4, 0.5) is 4.39 Å². The monoisotopic (exact) mass is 338 g/mol. The third-order valence-corrected chi connectivity index (χ3v) is 4.79. The number of benzene rings is 1. The molecule has 5 heteroatoms. The molecular formula is C20H23FN4. The van der Waals surface area contributed by atoms with Crippen LogP contribution in [0.25, 0.3) is 16.9 Å². The zero-order valence-electron chi connectivity index (χ0n) is 14.5. The van der Waals surface area contributed by atoms with Gasteiger partial charge in [-0.1, -0.05) is 6.07 Å². The maximum absolute atomic E-state index is 13.3. The number of hydrogen-bond acceptors (Lipinski definition) is 3. The predicted molar refractivity (Wildman–Crippen MR) is 98.1 cm³/mol. The second kappa shape index (κ2) is 6.94. The van der Waals surface area contributed by atoms with Crippen molar-refractivity contribution in [1.29, 1.82) is 0 Å². The molecule has 4 nitrogen and oxygen atoms in total. The molecule has 1 aliphatic rings. The third-order valence-electron chi connectivity index (χ3n) is 4.79. The molecule has 0 atom stereocenters. The molecule has 25 heavy (non-hydrogen) atoms. The number of hydrogen-bond donors (Lipinski definition) is 1. The number of imidazole rings is 1. The summed E-state index contributed by atoms with van der Waals surface area (Å²) in [7, 11) is 0. The summed E-state index contributed by atoms with van der Waals surface area (Å²) in [5.41, 5.74) is 5.22. The lowest BCUT2D eigenvalue weighted by atomic mass is 10.1. The van der Waals surface area contributed by atoms with E-state index in [1.807, 2.05) is 12.1 Å². The first-order valence-electron chi connectivity index (χ1n) is 8.87. The van der Waals surface area contributed by atoms with Gasteiger partial charge in [-0.25, -0.2) is 9.37 Å². The zero-order chi connectivity index (χ0) is 17.2. The van der Waals surface area contributed by atoms with Crippen LogP contribution in [0.5, 0.6) is 0 Å². The number of pyridine rings is 1. The van der Waals surface area contributed by atoms with E-state index in [1.165, 1.54) is 23.4 Å². The zero-order valence-corrected chi connectivity index (χ0v) is 14.5. The van der Waals surface area contributed by atoms with Gasteiger partial charge in [-0.05, 0) is 62.3 Å². The second-order valence-corrected chi connectivity index (χ2v) is 6.73. The summed E-state index contributed by atoms with van der Waals surface area (Å²) in [5, 5.41) is 3.45. The molecule has 0 radical (unpaired) electrons. The van der Waals surface area contributed by atoms with Gasteiger partial charge in [0, 0.05) is 31.4 Å². The average Bonchev–Trinajstić information content (AvgIpc) is 2.79. The van der Waals surface area contributed by atoms with Crippen LogP contribution in [0.2, 0.25) is 0 Å². The van der Waals surface area contributed by atoms with E-state index in [1.54, 1.807) is 0 Å². The number of nitrogens with one attached hydrogen (secondary N) is 1. The van der Waals surface area contributed by atoms with E-state index in [9.17, 15) is 4.39 Å². The standard InChI is InChI=1S/C20H23FN4/c1-15-3-8-19-23-20(16-4-6-17(21)7-5-16)18(25(19)13-15)14-24-11-2-9-22-10-12-24/h3-8,13,22H,2,9-12,14H2,1H3. The number of aryl methyl sites for hydroxylation is 1. The average molecular weight is 338 g/mol. The molecule has 4 rings (SSSR count). The lowest BCUT2D eigenvalue weighted by molar-refractivity contribution is 0.281. The number of aromatic nitrogens is 2. The Morgan fingerprint density at radius 1 is 1.08 bits per heavy atom. The summed E-state index contributed by atoms with van der Waals surface area (Å²) >= 11 is 0. The molecule has 2 aromatic heterocycles. The van der Waals surface area contributed by atoms with Gasteiger partial charge in [-0.2, -0.15) is 0 Å². The Balaban J connectivity index is 1.79. The lowest BCUT2D eigenvalue weighted by Gasteiger charge is -2.20. The molecule has 0 bridgehead atoms. The van der Waals surface area contributed by atoms with Crippen LogP contribution in [0.3, 0.4) is 0 Å². The van der Waals surface area contributed by atoms with E-state index in [4.69, 9.17) is 4.98 Å². The minimum Gasteiger partial charge on any atom is -0.315 e. The van der Waals surface area contributed by atoms with Gasteiger partial charge in [0.2, 0.25) is 0 Å². The van der Waals surface area contributed by atoms with E-state index >= 15 is 0 Å². The van der Waals surface area contributed by atoms with E-state index in [0.717, 1.165) is 56.0 Å². The van der Waals surface area contributed by atoms with Crippen molar-refractivity contribution in [3.05, 3.63) is 59.7 Å². The van der Waals surface area contributed by atoms with Crippen molar-refractivity contribution in [3.8, 4) is 11.3 Å². The van der Waals surface area contributed by atoms with Crippen molar-refractivity contribution in [3.63, 3.8) is 0 Å². The quantitative estimate of drug-likeness (QED) is 0.796. The van der Waals surface area contributed by atoms with E-state index in [-0.39, 0.29) is 5.82 Å². The Kier molecular flexibility index (Phi) is 4.51. The van der Waals surface area contributed by atoms with E-state index in [2.05, 4.69) is 39.9 Å². The highest BCUT2D eigenvalue weighted by atomic mass is 19.1. The highest BCUT2D eigenvalue weighted by molar-refractivity contribution is 5.66. The molecular weight excluding hydrogens is 315 g/mol. The second-order valence-electron chi connectivity index (χ2n) is 6.73. The van der Waals surface area contributed by atoms with Crippen molar-refractivity contribution >= 4 is 5.65 Å². The van der Waals surface area contributed by atoms with E-state index < -0.39 is 0 Å². The third kappa shape index (κ3) is 3.43. The number of halogens is 1. The topological polar surface area (TPSA) is 32.6 Å². The molecule has 0 unspecified atom stereocenters. The van der Waals surface area contributed by atoms with Gasteiger partial charge in [0.25, 0.3) is 0 Å². The van der Waals surface area contributed by atoms with Gasteiger partial charge < -0.3 is 9.72 Å². The molecule has 0 amide bonds. The summed E-state index contributed by atoms with van der Waals surface area (Å²) in [4.78, 5) is 7.31. The first-order chi connectivity index (χ1) is 12.2. The molecule has 3 aromatic rings. The fourth-order valence-corrected chi connectivity index (χ4v) is 3.46. The minimum absolute atomic E-state index is 0.219. The van der Waals surface area contributed by atoms with Crippen LogP contribution < -0.4 is 5.32 Å². The fourth-order valence-electron chi connectivity index (χ4n) is 3.46. The fraction of sp³-hybridized carbons (Fsp3) is 0.350. The van der Waals surface area contributed by atoms with Gasteiger partial charge in [0.05, 0.1) is 11.4 Å². The van der Waals surface area contributed by atoms with Crippen molar-refractivity contribution in [2.45, 2.75) is 19.9 Å². The Bertz CT molecular complexity index is 861. The van der Waals surface area contributed by atoms with Gasteiger partial charge in [-0.3, -0.25) is 4.90 Å². The SMILES string of the molecule is Cc1ccc2nc(-c3ccc(F)cc3)c(CN3CCCNCC3)n2c1. The number of fused-ring (bicyclic) bond motifs is 1. The first kappa shape index (κ1) is 16.2. The largest absolute Gasteiger partial charge is 0.315 e. The van der Waals surface area contributed by atoms with Crippen LogP contribution in [0.15, 0.2) is 42.6 Å². The molecule has 3 heterocycles. The lowest BCUT2D eigenvalue weighted by Crippen LogP contribution is -2.28. The van der Waals surface area contributed by atoms with Crippen LogP contribution in [-0.4, -0.2) is 40.5 Å². The van der Waals surface area contributed by atoms with Gasteiger partial charge in [0.1, 0.15) is 11.5 Å². The molecule has 0 saturated carbocycles. The Morgan fingerprint density at radius 3 is 2.76 bits per heavy atom. The number of nitrogens with zero attached hydrogens (tertiary/aromatic N) is 3. The summed E-state index contributed by atoms with van der Waals surface area (Å²) in [6.07, 6.45) is 3.29. The molecule has 1 saturated heterocycles. The molecule has 1 aliphatic heterocycles. The molecule has 1 aromatic carbocycles. The van der Waals surface area contributed by atoms with Crippen LogP contribution >= 0.6 is 0 Å². The van der Waals surface area contributed by atoms with Crippen LogP contribution in [0.1, 0.15) is 17.7 Å². The van der Waals surface area contributed by atoms with Crippen molar-refractivity contribution in [1.82, 2.24) is 19.6 Å². The van der Waals surface area contributed by atoms with Gasteiger partial charge >= 0.3 is 0 Å². The molecule has 1 N–H and O–H groups in total. The number of rotatable bonds is 3. The van der Waals surface area contributed by atoms with Crippen LogP contribution in [-0.2, 0) is 6.54 Å². The first-order valence-corrected chi connectivity index (χ1v) is 8.87. The Morgan fingerprint density at radius 2 is 1.92 bits per heavy atom. The van der Waals surface area contributed by atoms with Crippen molar-refractivity contribution in [2.75, 3.05) is 26.2 Å². The maximum Gasteiger partial charge on any atom is 0.137 e. The summed E-state index contributed by atoms with van der Waals surface area (Å²) in [6, 6.07) is 10.8. The smallest absolute Gasteiger partial charge is 0.137 e. The Labute approximate surface area is 147 Å². The molecule has 0 aliphatic carbocycles. The summed E-state index contributed by atoms with van der Waals surface area (Å²) in [5.74, 6) is -0.219. The molecule has 130 valence electrons. The highest BCUT2D eigenvalue weighted by Gasteiger charge is 2.18. The minimum atomic E-state index is -0.219. The summed E-state index contributed by atoms with van der Waals surface area (Å²) in [6.45, 7) is 7.14. The van der Waals surface area contributed by atoms with Gasteiger partial charge in [-0.15, -0.1) is 0 Å². The molecule has 0 spiro atoms. The normalized spacial score (nSPS) is 16.2. The predicted octanol–water partition coefficient (Wildman–Crippen LogP) is 3.24. The van der Waals surface area contributed by atoms with E-state index in [0.29, 0.717) is 0 Å². The van der Waals surface area contributed by atoms with Crippen LogP contribution in [0, 0.1) is 12.7 Å². The highest BCUT2D eigenvalue weighted by Crippen LogP contribution is 2.26. The molecule has 1 fully saturated rings. The summed E-state index contributed by atoms with van der Waals surface area (Å²) < 4.78 is 15.5. The van der Waals surface area contributed by atoms with Gasteiger partial charge in [0.15, 0.2) is 0 Å². The van der Waals surface area contributed by atoms with Crippen molar-refractivity contribution < 1.29 is 4.39 Å². The maximum atomic E-state index is 13.3. The Hall–Kier alpha value is -2.24. The van der Waals surface area contributed by atoms with Crippen molar-refractivity contribution in [2.24, 2.45) is 0 Å².